The molecule has 0 aliphatic rings. The highest BCUT2D eigenvalue weighted by atomic mass is 32.2. The summed E-state index contributed by atoms with van der Waals surface area (Å²) < 4.78 is 1.10. The Morgan fingerprint density at radius 3 is 2.81 bits per heavy atom. The normalized spacial score (nSPS) is 10.3. The minimum absolute atomic E-state index is 0.365. The molecule has 1 heterocycles. The van der Waals surface area contributed by atoms with Crippen LogP contribution in [0, 0.1) is 6.92 Å². The highest BCUT2D eigenvalue weighted by Crippen LogP contribution is 2.34. The van der Waals surface area contributed by atoms with E-state index in [2.05, 4.69) is 0 Å². The molecule has 0 unspecified atom stereocenters. The first-order valence-electron chi connectivity index (χ1n) is 4.72. The summed E-state index contributed by atoms with van der Waals surface area (Å²) in [5, 5.41) is 11.1. The van der Waals surface area contributed by atoms with E-state index in [0.29, 0.717) is 5.56 Å². The van der Waals surface area contributed by atoms with Crippen molar-refractivity contribution in [1.29, 1.82) is 0 Å². The van der Waals surface area contributed by atoms with Gasteiger partial charge in [-0.1, -0.05) is 23.9 Å². The Morgan fingerprint density at radius 1 is 1.38 bits per heavy atom. The fraction of sp³-hybridized carbons (Fsp3) is 0.0833. The first-order chi connectivity index (χ1) is 7.66. The lowest BCUT2D eigenvalue weighted by Gasteiger charge is -2.05. The number of hydrogen-bond donors (Lipinski definition) is 1. The van der Waals surface area contributed by atoms with Crippen molar-refractivity contribution in [3.05, 3.63) is 46.8 Å². The number of thiophene rings is 1. The predicted molar refractivity (Wildman–Crippen MR) is 66.6 cm³/mol. The number of hydrogen-bond acceptors (Lipinski definition) is 3. The molecule has 0 bridgehead atoms. The van der Waals surface area contributed by atoms with Crippen LogP contribution in [-0.4, -0.2) is 11.1 Å². The van der Waals surface area contributed by atoms with Gasteiger partial charge in [0.05, 0.1) is 9.77 Å². The quantitative estimate of drug-likeness (QED) is 0.897. The van der Waals surface area contributed by atoms with Gasteiger partial charge in [0.1, 0.15) is 0 Å². The van der Waals surface area contributed by atoms with Gasteiger partial charge in [0.15, 0.2) is 0 Å². The summed E-state index contributed by atoms with van der Waals surface area (Å²) >= 11 is 3.12. The summed E-state index contributed by atoms with van der Waals surface area (Å²) in [6.45, 7) is 1.96. The molecule has 0 saturated heterocycles. The molecule has 0 amide bonds. The van der Waals surface area contributed by atoms with Gasteiger partial charge in [0.2, 0.25) is 0 Å². The van der Waals surface area contributed by atoms with E-state index in [1.54, 1.807) is 17.4 Å². The van der Waals surface area contributed by atoms with Crippen molar-refractivity contribution < 1.29 is 9.90 Å². The standard InChI is InChI=1S/C12H10O2S2/c1-8-4-5-9(12(13)14)10(7-8)16-11-3-2-6-15-11/h2-7H,1H3,(H,13,14). The second-order valence-electron chi connectivity index (χ2n) is 3.34. The first-order valence-corrected chi connectivity index (χ1v) is 6.42. The van der Waals surface area contributed by atoms with Crippen LogP contribution in [0.3, 0.4) is 0 Å². The predicted octanol–water partition coefficient (Wildman–Crippen LogP) is 3.91. The smallest absolute Gasteiger partial charge is 0.336 e. The maximum absolute atomic E-state index is 11.1. The Balaban J connectivity index is 2.38. The van der Waals surface area contributed by atoms with Crippen molar-refractivity contribution in [2.24, 2.45) is 0 Å². The van der Waals surface area contributed by atoms with E-state index in [1.165, 1.54) is 11.8 Å². The van der Waals surface area contributed by atoms with Gasteiger partial charge in [-0.05, 0) is 36.1 Å². The fourth-order valence-electron chi connectivity index (χ4n) is 1.32. The Hall–Kier alpha value is -1.26. The molecule has 16 heavy (non-hydrogen) atoms. The largest absolute Gasteiger partial charge is 0.478 e. The monoisotopic (exact) mass is 250 g/mol. The molecule has 2 nitrogen and oxygen atoms in total. The maximum Gasteiger partial charge on any atom is 0.336 e. The fourth-order valence-corrected chi connectivity index (χ4v) is 3.27. The average Bonchev–Trinajstić information content (AvgIpc) is 2.70. The number of rotatable bonds is 3. The van der Waals surface area contributed by atoms with Crippen LogP contribution in [0.2, 0.25) is 0 Å². The van der Waals surface area contributed by atoms with Crippen molar-refractivity contribution >= 4 is 29.1 Å². The summed E-state index contributed by atoms with van der Waals surface area (Å²) in [6.07, 6.45) is 0. The van der Waals surface area contributed by atoms with E-state index in [1.807, 2.05) is 36.6 Å². The van der Waals surface area contributed by atoms with E-state index < -0.39 is 5.97 Å². The molecule has 0 atom stereocenters. The molecular weight excluding hydrogens is 240 g/mol. The molecule has 1 aromatic heterocycles. The zero-order chi connectivity index (χ0) is 11.5. The molecule has 1 aromatic carbocycles. The number of carboxylic acid groups (broad SMARTS) is 1. The van der Waals surface area contributed by atoms with Crippen molar-refractivity contribution in [2.45, 2.75) is 16.0 Å². The molecule has 82 valence electrons. The summed E-state index contributed by atoms with van der Waals surface area (Å²) in [7, 11) is 0. The molecule has 0 fully saturated rings. The lowest BCUT2D eigenvalue weighted by Crippen LogP contribution is -1.98. The van der Waals surface area contributed by atoms with Crippen LogP contribution < -0.4 is 0 Å². The number of aromatic carboxylic acids is 1. The zero-order valence-electron chi connectivity index (χ0n) is 8.64. The van der Waals surface area contributed by atoms with Gasteiger partial charge in [0.25, 0.3) is 0 Å². The molecule has 1 N–H and O–H groups in total. The molecule has 0 radical (unpaired) electrons. The Labute approximate surface area is 102 Å². The maximum atomic E-state index is 11.1. The summed E-state index contributed by atoms with van der Waals surface area (Å²) in [6, 6.07) is 9.34. The van der Waals surface area contributed by atoms with Crippen LogP contribution in [0.15, 0.2) is 44.8 Å². The summed E-state index contributed by atoms with van der Waals surface area (Å²) in [5.74, 6) is -0.876. The van der Waals surface area contributed by atoms with Gasteiger partial charge in [-0.25, -0.2) is 4.79 Å². The van der Waals surface area contributed by atoms with Crippen LogP contribution in [-0.2, 0) is 0 Å². The van der Waals surface area contributed by atoms with Crippen molar-refractivity contribution in [3.63, 3.8) is 0 Å². The molecule has 4 heteroatoms. The third kappa shape index (κ3) is 2.46. The molecule has 0 spiro atoms. The topological polar surface area (TPSA) is 37.3 Å². The minimum Gasteiger partial charge on any atom is -0.478 e. The van der Waals surface area contributed by atoms with Crippen LogP contribution in [0.1, 0.15) is 15.9 Å². The zero-order valence-corrected chi connectivity index (χ0v) is 10.3. The summed E-state index contributed by atoms with van der Waals surface area (Å²) in [5.41, 5.74) is 1.44. The molecule has 0 aliphatic carbocycles. The highest BCUT2D eigenvalue weighted by molar-refractivity contribution is 8.01. The summed E-state index contributed by atoms with van der Waals surface area (Å²) in [4.78, 5) is 11.9. The van der Waals surface area contributed by atoms with Crippen molar-refractivity contribution in [1.82, 2.24) is 0 Å². The highest BCUT2D eigenvalue weighted by Gasteiger charge is 2.11. The third-order valence-corrected chi connectivity index (χ3v) is 4.17. The minimum atomic E-state index is -0.876. The van der Waals surface area contributed by atoms with Gasteiger partial charge < -0.3 is 5.11 Å². The molecular formula is C12H10O2S2. The van der Waals surface area contributed by atoms with E-state index in [0.717, 1.165) is 14.7 Å². The van der Waals surface area contributed by atoms with E-state index in [-0.39, 0.29) is 0 Å². The lowest BCUT2D eigenvalue weighted by molar-refractivity contribution is 0.0693. The average molecular weight is 250 g/mol. The Bertz CT molecular complexity index is 504. The van der Waals surface area contributed by atoms with Crippen LogP contribution in [0.25, 0.3) is 0 Å². The molecule has 2 rings (SSSR count). The second-order valence-corrected chi connectivity index (χ2v) is 5.63. The number of carbonyl (C=O) groups is 1. The van der Waals surface area contributed by atoms with E-state index in [4.69, 9.17) is 5.11 Å². The van der Waals surface area contributed by atoms with Gasteiger partial charge >= 0.3 is 5.97 Å². The van der Waals surface area contributed by atoms with Crippen LogP contribution >= 0.6 is 23.1 Å². The Kier molecular flexibility index (Phi) is 3.31. The van der Waals surface area contributed by atoms with Gasteiger partial charge in [-0.15, -0.1) is 11.3 Å². The lowest BCUT2D eigenvalue weighted by atomic mass is 10.1. The number of benzene rings is 1. The first kappa shape index (κ1) is 11.2. The van der Waals surface area contributed by atoms with Crippen LogP contribution in [0.5, 0.6) is 0 Å². The molecule has 0 saturated carbocycles. The third-order valence-electron chi connectivity index (χ3n) is 2.07. The number of carboxylic acids is 1. The molecule has 2 aromatic rings. The van der Waals surface area contributed by atoms with E-state index >= 15 is 0 Å². The Morgan fingerprint density at radius 2 is 2.19 bits per heavy atom. The van der Waals surface area contributed by atoms with Gasteiger partial charge in [0, 0.05) is 4.90 Å². The van der Waals surface area contributed by atoms with Crippen molar-refractivity contribution in [2.75, 3.05) is 0 Å². The van der Waals surface area contributed by atoms with Gasteiger partial charge in [-0.2, -0.15) is 0 Å². The van der Waals surface area contributed by atoms with Crippen LogP contribution in [0.4, 0.5) is 0 Å². The van der Waals surface area contributed by atoms with E-state index in [9.17, 15) is 4.79 Å². The number of aryl methyl sites for hydroxylation is 1. The van der Waals surface area contributed by atoms with Gasteiger partial charge in [-0.3, -0.25) is 0 Å². The molecule has 0 aliphatic heterocycles. The second kappa shape index (κ2) is 4.72. The van der Waals surface area contributed by atoms with Crippen molar-refractivity contribution in [3.8, 4) is 0 Å². The SMILES string of the molecule is Cc1ccc(C(=O)O)c(Sc2cccs2)c1.